The predicted octanol–water partition coefficient (Wildman–Crippen LogP) is 1.72. The van der Waals surface area contributed by atoms with Gasteiger partial charge in [-0.1, -0.05) is 20.8 Å². The van der Waals surface area contributed by atoms with Gasteiger partial charge in [-0.05, 0) is 18.8 Å². The zero-order valence-corrected chi connectivity index (χ0v) is 12.6. The summed E-state index contributed by atoms with van der Waals surface area (Å²) >= 11 is 0. The molecule has 1 rings (SSSR count). The molecule has 0 aliphatic heterocycles. The smallest absolute Gasteiger partial charge is 0.323 e. The van der Waals surface area contributed by atoms with Crippen molar-refractivity contribution < 1.29 is 9.47 Å². The van der Waals surface area contributed by atoms with E-state index in [9.17, 15) is 0 Å². The number of nitrogens with one attached hydrogen (secondary N) is 1. The van der Waals surface area contributed by atoms with E-state index >= 15 is 0 Å². The van der Waals surface area contributed by atoms with Crippen molar-refractivity contribution in [1.29, 1.82) is 0 Å². The van der Waals surface area contributed by atoms with Crippen molar-refractivity contribution >= 4 is 11.9 Å². The lowest BCUT2D eigenvalue weighted by molar-refractivity contribution is 0.110. The molecule has 0 saturated carbocycles. The Labute approximate surface area is 120 Å². The summed E-state index contributed by atoms with van der Waals surface area (Å²) in [4.78, 5) is 12.1. The topological polar surface area (TPSA) is 95.2 Å². The van der Waals surface area contributed by atoms with Crippen molar-refractivity contribution in [2.75, 3.05) is 37.4 Å². The zero-order chi connectivity index (χ0) is 14.8. The van der Waals surface area contributed by atoms with Crippen molar-refractivity contribution in [2.24, 2.45) is 5.92 Å². The van der Waals surface area contributed by atoms with Gasteiger partial charge in [0.2, 0.25) is 11.9 Å². The van der Waals surface area contributed by atoms with E-state index in [4.69, 9.17) is 15.2 Å². The number of nitrogens with zero attached hydrogens (tertiary/aromatic N) is 3. The first-order chi connectivity index (χ1) is 9.61. The third-order valence-corrected chi connectivity index (χ3v) is 2.27. The Morgan fingerprint density at radius 3 is 2.70 bits per heavy atom. The first kappa shape index (κ1) is 16.4. The molecule has 0 unspecified atom stereocenters. The maximum absolute atomic E-state index is 5.61. The molecule has 0 aliphatic carbocycles. The molecule has 7 heteroatoms. The molecule has 114 valence electrons. The monoisotopic (exact) mass is 283 g/mol. The number of aromatic nitrogens is 3. The largest absolute Gasteiger partial charge is 0.463 e. The molecule has 0 fully saturated rings. The minimum absolute atomic E-state index is 0.157. The van der Waals surface area contributed by atoms with E-state index in [0.29, 0.717) is 25.1 Å². The highest BCUT2D eigenvalue weighted by Crippen LogP contribution is 2.09. The summed E-state index contributed by atoms with van der Waals surface area (Å²) in [6, 6.07) is 0.262. The highest BCUT2D eigenvalue weighted by Gasteiger charge is 2.04. The molecule has 0 radical (unpaired) electrons. The van der Waals surface area contributed by atoms with Gasteiger partial charge in [0.05, 0.1) is 6.61 Å². The fourth-order valence-corrected chi connectivity index (χ4v) is 1.40. The third-order valence-electron chi connectivity index (χ3n) is 2.27. The molecule has 0 bridgehead atoms. The van der Waals surface area contributed by atoms with Crippen LogP contribution in [0.15, 0.2) is 0 Å². The Balaban J connectivity index is 2.30. The van der Waals surface area contributed by atoms with Gasteiger partial charge in [0, 0.05) is 19.8 Å². The summed E-state index contributed by atoms with van der Waals surface area (Å²) in [5, 5.41) is 3.09. The van der Waals surface area contributed by atoms with Gasteiger partial charge in [0.1, 0.15) is 0 Å². The van der Waals surface area contributed by atoms with E-state index in [1.807, 2.05) is 6.92 Å². The van der Waals surface area contributed by atoms with Crippen LogP contribution in [0.25, 0.3) is 0 Å². The minimum Gasteiger partial charge on any atom is -0.463 e. The number of rotatable bonds is 10. The average Bonchev–Trinajstić information content (AvgIpc) is 2.39. The van der Waals surface area contributed by atoms with Gasteiger partial charge in [0.15, 0.2) is 0 Å². The lowest BCUT2D eigenvalue weighted by Gasteiger charge is -2.09. The van der Waals surface area contributed by atoms with Crippen LogP contribution in [0.4, 0.5) is 11.9 Å². The molecule has 7 nitrogen and oxygen atoms in total. The van der Waals surface area contributed by atoms with Crippen molar-refractivity contribution in [3.63, 3.8) is 0 Å². The summed E-state index contributed by atoms with van der Waals surface area (Å²) in [6.45, 7) is 9.05. The number of ether oxygens (including phenoxy) is 2. The predicted molar refractivity (Wildman–Crippen MR) is 78.8 cm³/mol. The standard InChI is InChI=1S/C13H25N5O2/c1-4-7-20-13-17-11(14)16-12(18-13)15-6-5-8-19-9-10(2)3/h10H,4-9H2,1-3H3,(H3,14,15,16,17,18). The number of hydrogen-bond acceptors (Lipinski definition) is 7. The van der Waals surface area contributed by atoms with Crippen LogP contribution in [-0.4, -0.2) is 41.3 Å². The quantitative estimate of drug-likeness (QED) is 0.631. The summed E-state index contributed by atoms with van der Waals surface area (Å²) in [5.74, 6) is 1.15. The molecule has 20 heavy (non-hydrogen) atoms. The molecule has 1 aromatic heterocycles. The van der Waals surface area contributed by atoms with E-state index in [1.54, 1.807) is 0 Å². The van der Waals surface area contributed by atoms with E-state index in [1.165, 1.54) is 0 Å². The molecule has 0 aliphatic rings. The van der Waals surface area contributed by atoms with Gasteiger partial charge in [-0.3, -0.25) is 0 Å². The maximum atomic E-state index is 5.61. The lowest BCUT2D eigenvalue weighted by Crippen LogP contribution is -2.12. The van der Waals surface area contributed by atoms with Crippen LogP contribution in [0.3, 0.4) is 0 Å². The van der Waals surface area contributed by atoms with Gasteiger partial charge in [0.25, 0.3) is 0 Å². The van der Waals surface area contributed by atoms with Gasteiger partial charge in [-0.15, -0.1) is 0 Å². The van der Waals surface area contributed by atoms with Crippen LogP contribution >= 0.6 is 0 Å². The second-order valence-corrected chi connectivity index (χ2v) is 4.90. The van der Waals surface area contributed by atoms with Crippen LogP contribution in [0.1, 0.15) is 33.6 Å². The Kier molecular flexibility index (Phi) is 7.64. The van der Waals surface area contributed by atoms with E-state index in [-0.39, 0.29) is 12.0 Å². The van der Waals surface area contributed by atoms with E-state index in [2.05, 4.69) is 34.1 Å². The summed E-state index contributed by atoms with van der Waals surface area (Å²) < 4.78 is 10.8. The third kappa shape index (κ3) is 7.08. The molecule has 0 atom stereocenters. The Morgan fingerprint density at radius 2 is 2.00 bits per heavy atom. The maximum Gasteiger partial charge on any atom is 0.323 e. The molecule has 1 heterocycles. The molecule has 0 amide bonds. The fraction of sp³-hybridized carbons (Fsp3) is 0.769. The number of nitrogens with two attached hydrogens (primary N) is 1. The zero-order valence-electron chi connectivity index (χ0n) is 12.6. The van der Waals surface area contributed by atoms with Gasteiger partial charge >= 0.3 is 6.01 Å². The van der Waals surface area contributed by atoms with Crippen molar-refractivity contribution in [3.8, 4) is 6.01 Å². The first-order valence-electron chi connectivity index (χ1n) is 7.07. The molecule has 0 spiro atoms. The van der Waals surface area contributed by atoms with Gasteiger partial charge in [-0.25, -0.2) is 0 Å². The highest BCUT2D eigenvalue weighted by atomic mass is 16.5. The van der Waals surface area contributed by atoms with Crippen LogP contribution < -0.4 is 15.8 Å². The van der Waals surface area contributed by atoms with Crippen molar-refractivity contribution in [1.82, 2.24) is 15.0 Å². The highest BCUT2D eigenvalue weighted by molar-refractivity contribution is 5.32. The van der Waals surface area contributed by atoms with Crippen LogP contribution in [0, 0.1) is 5.92 Å². The summed E-state index contributed by atoms with van der Waals surface area (Å²) in [6.07, 6.45) is 1.77. The number of anilines is 2. The van der Waals surface area contributed by atoms with E-state index < -0.39 is 0 Å². The lowest BCUT2D eigenvalue weighted by atomic mass is 10.2. The van der Waals surface area contributed by atoms with Crippen LogP contribution in [0.5, 0.6) is 6.01 Å². The molecule has 0 aromatic carbocycles. The second kappa shape index (κ2) is 9.30. The summed E-state index contributed by atoms with van der Waals surface area (Å²) in [7, 11) is 0. The first-order valence-corrected chi connectivity index (χ1v) is 7.07. The second-order valence-electron chi connectivity index (χ2n) is 4.90. The Morgan fingerprint density at radius 1 is 1.20 bits per heavy atom. The fourth-order valence-electron chi connectivity index (χ4n) is 1.40. The van der Waals surface area contributed by atoms with Crippen LogP contribution in [0.2, 0.25) is 0 Å². The number of nitrogen functional groups attached to an aromatic ring is 1. The molecule has 1 aromatic rings. The Bertz CT molecular complexity index is 387. The van der Waals surface area contributed by atoms with E-state index in [0.717, 1.165) is 26.0 Å². The minimum atomic E-state index is 0.157. The van der Waals surface area contributed by atoms with Crippen molar-refractivity contribution in [3.05, 3.63) is 0 Å². The Hall–Kier alpha value is -1.63. The normalized spacial score (nSPS) is 10.8. The molecule has 0 saturated heterocycles. The van der Waals surface area contributed by atoms with Gasteiger partial charge in [-0.2, -0.15) is 15.0 Å². The molecular formula is C13H25N5O2. The molecular weight excluding hydrogens is 258 g/mol. The van der Waals surface area contributed by atoms with Crippen LogP contribution in [-0.2, 0) is 4.74 Å². The van der Waals surface area contributed by atoms with Gasteiger partial charge < -0.3 is 20.5 Å². The number of hydrogen-bond donors (Lipinski definition) is 2. The SMILES string of the molecule is CCCOc1nc(N)nc(NCCCOCC(C)C)n1. The summed E-state index contributed by atoms with van der Waals surface area (Å²) in [5.41, 5.74) is 5.61. The average molecular weight is 283 g/mol. The van der Waals surface area contributed by atoms with Crippen molar-refractivity contribution in [2.45, 2.75) is 33.6 Å². The molecule has 3 N–H and O–H groups in total.